The van der Waals surface area contributed by atoms with E-state index in [0.717, 1.165) is 30.0 Å². The van der Waals surface area contributed by atoms with E-state index in [1.54, 1.807) is 0 Å². The molecule has 5 heteroatoms. The molecule has 1 aliphatic heterocycles. The number of nitrogen functional groups attached to an aromatic ring is 1. The van der Waals surface area contributed by atoms with E-state index in [9.17, 15) is 0 Å². The summed E-state index contributed by atoms with van der Waals surface area (Å²) in [6.07, 6.45) is 0. The summed E-state index contributed by atoms with van der Waals surface area (Å²) in [6.45, 7) is 1.57. The summed E-state index contributed by atoms with van der Waals surface area (Å²) < 4.78 is 1.83. The first kappa shape index (κ1) is 9.69. The topological polar surface area (TPSA) is 55.9 Å². The second-order valence-electron chi connectivity index (χ2n) is 3.78. The minimum Gasteiger partial charge on any atom is -0.382 e. The SMILES string of the molecule is Nc1nn(-c2ccccc2Cl)c2c1CNC2. The number of aromatic nitrogens is 2. The monoisotopic (exact) mass is 234 g/mol. The highest BCUT2D eigenvalue weighted by molar-refractivity contribution is 6.32. The molecule has 3 N–H and O–H groups in total. The van der Waals surface area contributed by atoms with Crippen LogP contribution in [-0.4, -0.2) is 9.78 Å². The van der Waals surface area contributed by atoms with Gasteiger partial charge in [0, 0.05) is 18.7 Å². The Morgan fingerprint density at radius 3 is 2.94 bits per heavy atom. The first-order chi connectivity index (χ1) is 7.77. The molecule has 0 radical (unpaired) electrons. The first-order valence-corrected chi connectivity index (χ1v) is 5.47. The number of hydrogen-bond donors (Lipinski definition) is 2. The van der Waals surface area contributed by atoms with Gasteiger partial charge in [0.05, 0.1) is 16.4 Å². The number of benzene rings is 1. The van der Waals surface area contributed by atoms with Crippen LogP contribution >= 0.6 is 11.6 Å². The molecule has 1 aromatic heterocycles. The van der Waals surface area contributed by atoms with Crippen molar-refractivity contribution in [2.24, 2.45) is 0 Å². The fraction of sp³-hybridized carbons (Fsp3) is 0.182. The van der Waals surface area contributed by atoms with E-state index in [0.29, 0.717) is 10.8 Å². The van der Waals surface area contributed by atoms with E-state index in [4.69, 9.17) is 17.3 Å². The molecule has 2 aromatic rings. The molecule has 0 fully saturated rings. The Balaban J connectivity index is 2.21. The second kappa shape index (κ2) is 3.50. The molecule has 16 heavy (non-hydrogen) atoms. The Bertz CT molecular complexity index is 547. The third-order valence-corrected chi connectivity index (χ3v) is 3.12. The Hall–Kier alpha value is -1.52. The lowest BCUT2D eigenvalue weighted by molar-refractivity contribution is 0.714. The molecule has 0 bridgehead atoms. The van der Waals surface area contributed by atoms with E-state index in [1.807, 2.05) is 28.9 Å². The number of hydrogen-bond acceptors (Lipinski definition) is 3. The van der Waals surface area contributed by atoms with Crippen LogP contribution < -0.4 is 11.1 Å². The maximum absolute atomic E-state index is 6.15. The van der Waals surface area contributed by atoms with Gasteiger partial charge in [-0.05, 0) is 12.1 Å². The predicted molar refractivity (Wildman–Crippen MR) is 63.5 cm³/mol. The molecule has 0 aliphatic carbocycles. The Morgan fingerprint density at radius 1 is 1.31 bits per heavy atom. The molecule has 2 heterocycles. The highest BCUT2D eigenvalue weighted by atomic mass is 35.5. The van der Waals surface area contributed by atoms with Gasteiger partial charge in [-0.15, -0.1) is 5.10 Å². The molecule has 0 spiro atoms. The van der Waals surface area contributed by atoms with Gasteiger partial charge in [0.25, 0.3) is 0 Å². The summed E-state index contributed by atoms with van der Waals surface area (Å²) >= 11 is 6.15. The summed E-state index contributed by atoms with van der Waals surface area (Å²) in [7, 11) is 0. The average Bonchev–Trinajstić information content (AvgIpc) is 2.84. The van der Waals surface area contributed by atoms with Gasteiger partial charge in [-0.1, -0.05) is 23.7 Å². The number of fused-ring (bicyclic) bond motifs is 1. The molecule has 0 unspecified atom stereocenters. The maximum atomic E-state index is 6.15. The van der Waals surface area contributed by atoms with E-state index >= 15 is 0 Å². The summed E-state index contributed by atoms with van der Waals surface area (Å²) in [5, 5.41) is 8.27. The molecular formula is C11H11ClN4. The molecule has 1 aromatic carbocycles. The van der Waals surface area contributed by atoms with Crippen molar-refractivity contribution in [1.29, 1.82) is 0 Å². The summed E-state index contributed by atoms with van der Waals surface area (Å²) in [5.41, 5.74) is 8.93. The van der Waals surface area contributed by atoms with E-state index in [2.05, 4.69) is 10.4 Å². The number of nitrogens with one attached hydrogen (secondary N) is 1. The van der Waals surface area contributed by atoms with Crippen LogP contribution in [0.4, 0.5) is 5.82 Å². The largest absolute Gasteiger partial charge is 0.382 e. The van der Waals surface area contributed by atoms with Crippen molar-refractivity contribution in [2.45, 2.75) is 13.1 Å². The molecule has 0 saturated carbocycles. The van der Waals surface area contributed by atoms with Crippen molar-refractivity contribution >= 4 is 17.4 Å². The molecule has 0 amide bonds. The van der Waals surface area contributed by atoms with Crippen molar-refractivity contribution in [2.75, 3.05) is 5.73 Å². The highest BCUT2D eigenvalue weighted by Gasteiger charge is 2.21. The third kappa shape index (κ3) is 1.31. The van der Waals surface area contributed by atoms with Crippen LogP contribution in [0.15, 0.2) is 24.3 Å². The number of nitrogens with zero attached hydrogens (tertiary/aromatic N) is 2. The van der Waals surface area contributed by atoms with E-state index in [1.165, 1.54) is 0 Å². The van der Waals surface area contributed by atoms with Crippen molar-refractivity contribution in [3.05, 3.63) is 40.5 Å². The lowest BCUT2D eigenvalue weighted by Gasteiger charge is -2.06. The predicted octanol–water partition coefficient (Wildman–Crippen LogP) is 1.71. The average molecular weight is 235 g/mol. The maximum Gasteiger partial charge on any atom is 0.150 e. The van der Waals surface area contributed by atoms with Gasteiger partial charge in [-0.2, -0.15) is 0 Å². The molecule has 3 rings (SSSR count). The Labute approximate surface area is 98.0 Å². The van der Waals surface area contributed by atoms with Crippen molar-refractivity contribution in [3.8, 4) is 5.69 Å². The molecule has 1 aliphatic rings. The van der Waals surface area contributed by atoms with Crippen LogP contribution in [0.3, 0.4) is 0 Å². The van der Waals surface area contributed by atoms with Crippen molar-refractivity contribution in [3.63, 3.8) is 0 Å². The minimum atomic E-state index is 0.583. The van der Waals surface area contributed by atoms with Gasteiger partial charge >= 0.3 is 0 Å². The smallest absolute Gasteiger partial charge is 0.150 e. The minimum absolute atomic E-state index is 0.583. The summed E-state index contributed by atoms with van der Waals surface area (Å²) in [6, 6.07) is 7.63. The van der Waals surface area contributed by atoms with Gasteiger partial charge < -0.3 is 11.1 Å². The van der Waals surface area contributed by atoms with Crippen LogP contribution in [0.25, 0.3) is 5.69 Å². The fourth-order valence-electron chi connectivity index (χ4n) is 2.01. The van der Waals surface area contributed by atoms with Crippen LogP contribution in [0.5, 0.6) is 0 Å². The van der Waals surface area contributed by atoms with Gasteiger partial charge in [0.1, 0.15) is 0 Å². The van der Waals surface area contributed by atoms with Gasteiger partial charge in [0.15, 0.2) is 5.82 Å². The van der Waals surface area contributed by atoms with Crippen LogP contribution in [0, 0.1) is 0 Å². The zero-order chi connectivity index (χ0) is 11.1. The highest BCUT2D eigenvalue weighted by Crippen LogP contribution is 2.27. The molecule has 0 saturated heterocycles. The van der Waals surface area contributed by atoms with Crippen molar-refractivity contribution in [1.82, 2.24) is 15.1 Å². The second-order valence-corrected chi connectivity index (χ2v) is 4.18. The summed E-state index contributed by atoms with van der Waals surface area (Å²) in [5.74, 6) is 0.583. The van der Waals surface area contributed by atoms with Gasteiger partial charge in [0.2, 0.25) is 0 Å². The number of para-hydroxylation sites is 1. The van der Waals surface area contributed by atoms with Gasteiger partial charge in [-0.3, -0.25) is 0 Å². The number of nitrogens with two attached hydrogens (primary N) is 1. The molecule has 0 atom stereocenters. The lowest BCUT2D eigenvalue weighted by Crippen LogP contribution is -2.08. The zero-order valence-electron chi connectivity index (χ0n) is 8.57. The quantitative estimate of drug-likeness (QED) is 0.790. The molecular weight excluding hydrogens is 224 g/mol. The van der Waals surface area contributed by atoms with Crippen molar-refractivity contribution < 1.29 is 0 Å². The normalized spacial score (nSPS) is 14.1. The number of anilines is 1. The first-order valence-electron chi connectivity index (χ1n) is 5.09. The molecule has 82 valence electrons. The van der Waals surface area contributed by atoms with E-state index in [-0.39, 0.29) is 0 Å². The van der Waals surface area contributed by atoms with Crippen LogP contribution in [-0.2, 0) is 13.1 Å². The third-order valence-electron chi connectivity index (χ3n) is 2.80. The Kier molecular flexibility index (Phi) is 2.12. The van der Waals surface area contributed by atoms with E-state index < -0.39 is 0 Å². The van der Waals surface area contributed by atoms with Crippen LogP contribution in [0.2, 0.25) is 5.02 Å². The molecule has 4 nitrogen and oxygen atoms in total. The lowest BCUT2D eigenvalue weighted by atomic mass is 10.2. The fourth-order valence-corrected chi connectivity index (χ4v) is 2.22. The van der Waals surface area contributed by atoms with Gasteiger partial charge in [-0.25, -0.2) is 4.68 Å². The number of halogens is 1. The Morgan fingerprint density at radius 2 is 2.12 bits per heavy atom. The summed E-state index contributed by atoms with van der Waals surface area (Å²) in [4.78, 5) is 0. The number of rotatable bonds is 1. The standard InChI is InChI=1S/C11H11ClN4/c12-8-3-1-2-4-9(8)16-10-6-14-5-7(10)11(13)15-16/h1-4,14H,5-6H2,(H2,13,15). The van der Waals surface area contributed by atoms with Crippen LogP contribution in [0.1, 0.15) is 11.3 Å². The zero-order valence-corrected chi connectivity index (χ0v) is 9.33.